The van der Waals surface area contributed by atoms with Crippen LogP contribution in [0.25, 0.3) is 0 Å². The fraction of sp³-hybridized carbons (Fsp3) is 0.750. The maximum Gasteiger partial charge on any atom is 0.110 e. The molecule has 0 amide bonds. The van der Waals surface area contributed by atoms with Gasteiger partial charge >= 0.3 is 0 Å². The number of nitrogens with one attached hydrogen (secondary N) is 1. The average Bonchev–Trinajstić information content (AvgIpc) is 2.72. The largest absolute Gasteiger partial charge is 0.377 e. The van der Waals surface area contributed by atoms with E-state index in [4.69, 9.17) is 10.6 Å². The summed E-state index contributed by atoms with van der Waals surface area (Å²) in [6.45, 7) is 7.80. The van der Waals surface area contributed by atoms with Crippen LogP contribution in [-0.4, -0.2) is 28.3 Å². The summed E-state index contributed by atoms with van der Waals surface area (Å²) in [6.07, 6.45) is 5.96. The third-order valence-electron chi connectivity index (χ3n) is 2.56. The summed E-state index contributed by atoms with van der Waals surface area (Å²) in [7, 11) is 0. The zero-order valence-corrected chi connectivity index (χ0v) is 11.0. The Balaban J connectivity index is 2.51. The maximum atomic E-state index is 5.56. The molecule has 1 aromatic rings. The molecule has 0 aliphatic rings. The summed E-state index contributed by atoms with van der Waals surface area (Å²) in [5.41, 5.74) is 2.79. The van der Waals surface area contributed by atoms with Gasteiger partial charge in [-0.1, -0.05) is 6.92 Å². The van der Waals surface area contributed by atoms with E-state index in [0.717, 1.165) is 25.2 Å². The topological polar surface area (TPSA) is 65.1 Å². The van der Waals surface area contributed by atoms with Gasteiger partial charge in [0.2, 0.25) is 0 Å². The molecule has 0 radical (unpaired) electrons. The van der Waals surface area contributed by atoms with Crippen LogP contribution in [0.4, 0.5) is 0 Å². The minimum Gasteiger partial charge on any atom is -0.377 e. The van der Waals surface area contributed by atoms with E-state index in [0.29, 0.717) is 6.61 Å². The number of nitrogens with two attached hydrogens (primary N) is 1. The molecule has 0 spiro atoms. The number of rotatable bonds is 8. The Morgan fingerprint density at radius 3 is 2.88 bits per heavy atom. The van der Waals surface area contributed by atoms with Gasteiger partial charge in [-0.25, -0.2) is 4.98 Å². The van der Waals surface area contributed by atoms with E-state index in [1.54, 1.807) is 0 Å². The number of hydrazine groups is 1. The fourth-order valence-corrected chi connectivity index (χ4v) is 1.67. The Bertz CT molecular complexity index is 311. The predicted molar refractivity (Wildman–Crippen MR) is 68.4 cm³/mol. The zero-order valence-electron chi connectivity index (χ0n) is 11.0. The van der Waals surface area contributed by atoms with Crippen LogP contribution in [0.5, 0.6) is 0 Å². The lowest BCUT2D eigenvalue weighted by Crippen LogP contribution is -2.41. The van der Waals surface area contributed by atoms with Gasteiger partial charge < -0.3 is 9.30 Å². The molecule has 0 aliphatic heterocycles. The first kappa shape index (κ1) is 14.2. The molecule has 0 fully saturated rings. The van der Waals surface area contributed by atoms with Gasteiger partial charge in [0.25, 0.3) is 0 Å². The summed E-state index contributed by atoms with van der Waals surface area (Å²) in [4.78, 5) is 4.36. The summed E-state index contributed by atoms with van der Waals surface area (Å²) in [5.74, 6) is 6.59. The molecular formula is C12H24N4O. The van der Waals surface area contributed by atoms with Gasteiger partial charge in [-0.2, -0.15) is 0 Å². The van der Waals surface area contributed by atoms with E-state index in [2.05, 4.69) is 21.9 Å². The van der Waals surface area contributed by atoms with Crippen molar-refractivity contribution in [3.63, 3.8) is 0 Å². The number of aryl methyl sites for hydroxylation is 1. The first-order chi connectivity index (χ1) is 8.17. The van der Waals surface area contributed by atoms with Crippen molar-refractivity contribution in [1.82, 2.24) is 15.0 Å². The van der Waals surface area contributed by atoms with Gasteiger partial charge in [0.1, 0.15) is 5.82 Å². The maximum absolute atomic E-state index is 5.56. The second-order valence-electron chi connectivity index (χ2n) is 4.49. The van der Waals surface area contributed by atoms with Crippen molar-refractivity contribution in [3.8, 4) is 0 Å². The molecule has 1 rings (SSSR count). The van der Waals surface area contributed by atoms with Crippen molar-refractivity contribution in [3.05, 3.63) is 18.2 Å². The third kappa shape index (κ3) is 4.85. The number of ether oxygens (including phenoxy) is 1. The van der Waals surface area contributed by atoms with E-state index in [9.17, 15) is 0 Å². The molecule has 0 aliphatic carbocycles. The summed E-state index contributed by atoms with van der Waals surface area (Å²) < 4.78 is 7.73. The number of imidazole rings is 1. The molecule has 5 nitrogen and oxygen atoms in total. The van der Waals surface area contributed by atoms with E-state index >= 15 is 0 Å². The minimum atomic E-state index is 0.107. The zero-order chi connectivity index (χ0) is 12.7. The monoisotopic (exact) mass is 240 g/mol. The summed E-state index contributed by atoms with van der Waals surface area (Å²) in [6, 6.07) is 0.107. The quantitative estimate of drug-likeness (QED) is 0.527. The molecule has 1 heterocycles. The highest BCUT2D eigenvalue weighted by Gasteiger charge is 2.12. The Morgan fingerprint density at radius 1 is 1.53 bits per heavy atom. The molecule has 1 atom stereocenters. The van der Waals surface area contributed by atoms with Crippen LogP contribution in [0.1, 0.15) is 33.0 Å². The van der Waals surface area contributed by atoms with E-state index in [-0.39, 0.29) is 12.1 Å². The van der Waals surface area contributed by atoms with Crippen LogP contribution in [0.3, 0.4) is 0 Å². The van der Waals surface area contributed by atoms with Gasteiger partial charge in [0, 0.05) is 25.4 Å². The van der Waals surface area contributed by atoms with Crippen molar-refractivity contribution >= 4 is 0 Å². The SMILES string of the molecule is CCCn1ccnc1CC(COC(C)C)NN. The minimum absolute atomic E-state index is 0.107. The highest BCUT2D eigenvalue weighted by Crippen LogP contribution is 2.04. The second-order valence-corrected chi connectivity index (χ2v) is 4.49. The number of nitrogens with zero attached hydrogens (tertiary/aromatic N) is 2. The molecule has 17 heavy (non-hydrogen) atoms. The lowest BCUT2D eigenvalue weighted by atomic mass is 10.2. The Kier molecular flexibility index (Phi) is 6.18. The third-order valence-corrected chi connectivity index (χ3v) is 2.56. The summed E-state index contributed by atoms with van der Waals surface area (Å²) in [5, 5.41) is 0. The van der Waals surface area contributed by atoms with Crippen LogP contribution in [-0.2, 0) is 17.7 Å². The van der Waals surface area contributed by atoms with Crippen molar-refractivity contribution in [2.45, 2.75) is 52.3 Å². The van der Waals surface area contributed by atoms with Crippen LogP contribution in [0.2, 0.25) is 0 Å². The van der Waals surface area contributed by atoms with Crippen LogP contribution in [0.15, 0.2) is 12.4 Å². The molecule has 0 aromatic carbocycles. The molecule has 1 unspecified atom stereocenters. The normalized spacial score (nSPS) is 13.2. The van der Waals surface area contributed by atoms with Crippen LogP contribution < -0.4 is 11.3 Å². The van der Waals surface area contributed by atoms with Crippen LogP contribution >= 0.6 is 0 Å². The van der Waals surface area contributed by atoms with E-state index in [1.807, 2.05) is 26.2 Å². The first-order valence-electron chi connectivity index (χ1n) is 6.25. The van der Waals surface area contributed by atoms with E-state index < -0.39 is 0 Å². The smallest absolute Gasteiger partial charge is 0.110 e. The predicted octanol–water partition coefficient (Wildman–Crippen LogP) is 1.09. The average molecular weight is 240 g/mol. The lowest BCUT2D eigenvalue weighted by Gasteiger charge is -2.18. The van der Waals surface area contributed by atoms with Gasteiger partial charge in [0.15, 0.2) is 0 Å². The first-order valence-corrected chi connectivity index (χ1v) is 6.25. The van der Waals surface area contributed by atoms with Crippen molar-refractivity contribution in [2.24, 2.45) is 5.84 Å². The molecule has 0 saturated heterocycles. The molecular weight excluding hydrogens is 216 g/mol. The van der Waals surface area contributed by atoms with Gasteiger partial charge in [-0.3, -0.25) is 11.3 Å². The Labute approximate surface area is 103 Å². The highest BCUT2D eigenvalue weighted by molar-refractivity contribution is 4.95. The highest BCUT2D eigenvalue weighted by atomic mass is 16.5. The fourth-order valence-electron chi connectivity index (χ4n) is 1.67. The molecule has 5 heteroatoms. The number of hydrogen-bond donors (Lipinski definition) is 2. The Hall–Kier alpha value is -0.910. The van der Waals surface area contributed by atoms with Gasteiger partial charge in [0.05, 0.1) is 18.8 Å². The lowest BCUT2D eigenvalue weighted by molar-refractivity contribution is 0.0607. The standard InChI is InChI=1S/C12H24N4O/c1-4-6-16-7-5-14-12(16)8-11(15-13)9-17-10(2)3/h5,7,10-11,15H,4,6,8-9,13H2,1-3H3. The van der Waals surface area contributed by atoms with Crippen molar-refractivity contribution < 1.29 is 4.74 Å². The summed E-state index contributed by atoms with van der Waals surface area (Å²) >= 11 is 0. The Morgan fingerprint density at radius 2 is 2.29 bits per heavy atom. The van der Waals surface area contributed by atoms with Crippen molar-refractivity contribution in [1.29, 1.82) is 0 Å². The number of hydrogen-bond acceptors (Lipinski definition) is 4. The van der Waals surface area contributed by atoms with Crippen molar-refractivity contribution in [2.75, 3.05) is 6.61 Å². The van der Waals surface area contributed by atoms with Gasteiger partial charge in [-0.05, 0) is 20.3 Å². The molecule has 1 aromatic heterocycles. The molecule has 3 N–H and O–H groups in total. The number of aromatic nitrogens is 2. The second kappa shape index (κ2) is 7.42. The van der Waals surface area contributed by atoms with Gasteiger partial charge in [-0.15, -0.1) is 0 Å². The molecule has 0 saturated carbocycles. The van der Waals surface area contributed by atoms with E-state index in [1.165, 1.54) is 0 Å². The molecule has 0 bridgehead atoms. The van der Waals surface area contributed by atoms with Crippen LogP contribution in [0, 0.1) is 0 Å². The molecule has 98 valence electrons.